The van der Waals surface area contributed by atoms with Crippen LogP contribution in [0.25, 0.3) is 0 Å². The number of carbonyl (C=O) groups is 2. The van der Waals surface area contributed by atoms with Crippen molar-refractivity contribution < 1.29 is 9.59 Å². The number of aryl methyl sites for hydroxylation is 1. The highest BCUT2D eigenvalue weighted by Crippen LogP contribution is 2.14. The highest BCUT2D eigenvalue weighted by molar-refractivity contribution is 7.12. The number of likely N-dealkylation sites (N-methyl/N-ethyl adjacent to an activating group) is 1. The van der Waals surface area contributed by atoms with E-state index in [9.17, 15) is 9.59 Å². The van der Waals surface area contributed by atoms with Crippen molar-refractivity contribution in [2.45, 2.75) is 25.9 Å². The SMILES string of the molecule is CN(Cc1nccn1C)C(=O)C(C)(C)NC(=O)c1cccs1. The molecule has 0 bridgehead atoms. The van der Waals surface area contributed by atoms with Crippen molar-refractivity contribution in [3.05, 3.63) is 40.6 Å². The zero-order valence-corrected chi connectivity index (χ0v) is 14.0. The van der Waals surface area contributed by atoms with Gasteiger partial charge in [0.25, 0.3) is 5.91 Å². The summed E-state index contributed by atoms with van der Waals surface area (Å²) in [7, 11) is 3.58. The molecule has 2 heterocycles. The second-order valence-electron chi connectivity index (χ2n) is 5.67. The van der Waals surface area contributed by atoms with Gasteiger partial charge in [0.15, 0.2) is 0 Å². The first-order chi connectivity index (χ1) is 10.3. The van der Waals surface area contributed by atoms with E-state index < -0.39 is 5.54 Å². The van der Waals surface area contributed by atoms with Crippen LogP contribution in [-0.2, 0) is 18.4 Å². The first kappa shape index (κ1) is 16.2. The van der Waals surface area contributed by atoms with E-state index in [-0.39, 0.29) is 11.8 Å². The van der Waals surface area contributed by atoms with Gasteiger partial charge >= 0.3 is 0 Å². The molecule has 0 unspecified atom stereocenters. The molecule has 0 atom stereocenters. The van der Waals surface area contributed by atoms with E-state index in [2.05, 4.69) is 10.3 Å². The largest absolute Gasteiger partial charge is 0.337 e. The van der Waals surface area contributed by atoms with Gasteiger partial charge in [-0.05, 0) is 25.3 Å². The number of hydrogen-bond donors (Lipinski definition) is 1. The monoisotopic (exact) mass is 320 g/mol. The molecule has 118 valence electrons. The summed E-state index contributed by atoms with van der Waals surface area (Å²) in [6, 6.07) is 3.54. The fourth-order valence-electron chi connectivity index (χ4n) is 2.12. The molecular weight excluding hydrogens is 300 g/mol. The molecule has 6 nitrogen and oxygen atoms in total. The van der Waals surface area contributed by atoms with Crippen LogP contribution >= 0.6 is 11.3 Å². The molecule has 0 fully saturated rings. The van der Waals surface area contributed by atoms with Crippen LogP contribution in [-0.4, -0.2) is 38.9 Å². The summed E-state index contributed by atoms with van der Waals surface area (Å²) in [5.74, 6) is 0.385. The quantitative estimate of drug-likeness (QED) is 0.911. The topological polar surface area (TPSA) is 67.2 Å². The maximum absolute atomic E-state index is 12.6. The maximum Gasteiger partial charge on any atom is 0.262 e. The lowest BCUT2D eigenvalue weighted by Gasteiger charge is -2.30. The fourth-order valence-corrected chi connectivity index (χ4v) is 2.74. The molecule has 0 aromatic carbocycles. The summed E-state index contributed by atoms with van der Waals surface area (Å²) in [4.78, 5) is 31.1. The van der Waals surface area contributed by atoms with Gasteiger partial charge in [0.1, 0.15) is 11.4 Å². The van der Waals surface area contributed by atoms with E-state index in [1.807, 2.05) is 29.3 Å². The lowest BCUT2D eigenvalue weighted by Crippen LogP contribution is -2.54. The van der Waals surface area contributed by atoms with Gasteiger partial charge in [-0.15, -0.1) is 11.3 Å². The van der Waals surface area contributed by atoms with Gasteiger partial charge < -0.3 is 14.8 Å². The second kappa shape index (κ2) is 6.31. The minimum atomic E-state index is -0.985. The minimum Gasteiger partial charge on any atom is -0.337 e. The maximum atomic E-state index is 12.6. The van der Waals surface area contributed by atoms with Gasteiger partial charge in [-0.2, -0.15) is 0 Å². The number of aromatic nitrogens is 2. The van der Waals surface area contributed by atoms with Crippen molar-refractivity contribution in [1.82, 2.24) is 19.8 Å². The summed E-state index contributed by atoms with van der Waals surface area (Å²) < 4.78 is 1.86. The number of imidazole rings is 1. The first-order valence-corrected chi connectivity index (χ1v) is 7.77. The standard InChI is InChI=1S/C15H20N4O2S/c1-15(2,17-13(20)11-6-5-9-22-11)14(21)19(4)10-12-16-7-8-18(12)3/h5-9H,10H2,1-4H3,(H,17,20). The smallest absolute Gasteiger partial charge is 0.262 e. The highest BCUT2D eigenvalue weighted by Gasteiger charge is 2.33. The van der Waals surface area contributed by atoms with Crippen molar-refractivity contribution >= 4 is 23.2 Å². The molecule has 0 aliphatic carbocycles. The molecule has 2 rings (SSSR count). The van der Waals surface area contributed by atoms with Crippen LogP contribution in [0.1, 0.15) is 29.3 Å². The number of thiophene rings is 1. The summed E-state index contributed by atoms with van der Waals surface area (Å²) >= 11 is 1.35. The van der Waals surface area contributed by atoms with Gasteiger partial charge in [0, 0.05) is 26.5 Å². The van der Waals surface area contributed by atoms with E-state index in [1.165, 1.54) is 11.3 Å². The number of rotatable bonds is 5. The van der Waals surface area contributed by atoms with Crippen molar-refractivity contribution in [3.8, 4) is 0 Å². The third-order valence-electron chi connectivity index (χ3n) is 3.35. The van der Waals surface area contributed by atoms with E-state index in [1.54, 1.807) is 38.1 Å². The van der Waals surface area contributed by atoms with Gasteiger partial charge in [0.2, 0.25) is 5.91 Å². The van der Waals surface area contributed by atoms with Gasteiger partial charge in [-0.1, -0.05) is 6.07 Å². The predicted molar refractivity (Wildman–Crippen MR) is 85.5 cm³/mol. The fraction of sp³-hybridized carbons (Fsp3) is 0.400. The Kier molecular flexibility index (Phi) is 4.65. The van der Waals surface area contributed by atoms with Gasteiger partial charge in [-0.3, -0.25) is 9.59 Å². The molecule has 0 radical (unpaired) electrons. The molecular formula is C15H20N4O2S. The molecule has 2 aromatic rings. The number of hydrogen-bond acceptors (Lipinski definition) is 4. The third kappa shape index (κ3) is 3.54. The molecule has 2 aromatic heterocycles. The van der Waals surface area contributed by atoms with Crippen molar-refractivity contribution in [1.29, 1.82) is 0 Å². The Hall–Kier alpha value is -2.15. The van der Waals surface area contributed by atoms with Crippen LogP contribution in [0.4, 0.5) is 0 Å². The number of carbonyl (C=O) groups excluding carboxylic acids is 2. The molecule has 0 saturated heterocycles. The predicted octanol–water partition coefficient (Wildman–Crippen LogP) is 1.65. The summed E-state index contributed by atoms with van der Waals surface area (Å²) in [6.07, 6.45) is 3.52. The zero-order chi connectivity index (χ0) is 16.3. The average molecular weight is 320 g/mol. The van der Waals surface area contributed by atoms with Crippen molar-refractivity contribution in [2.75, 3.05) is 7.05 Å². The van der Waals surface area contributed by atoms with Crippen LogP contribution < -0.4 is 5.32 Å². The zero-order valence-electron chi connectivity index (χ0n) is 13.2. The molecule has 0 aliphatic rings. The molecule has 0 aliphatic heterocycles. The van der Waals surface area contributed by atoms with Crippen LogP contribution in [0.2, 0.25) is 0 Å². The van der Waals surface area contributed by atoms with Crippen LogP contribution in [0, 0.1) is 0 Å². The number of amides is 2. The molecule has 2 amide bonds. The Morgan fingerprint density at radius 1 is 1.45 bits per heavy atom. The molecule has 22 heavy (non-hydrogen) atoms. The number of nitrogens with one attached hydrogen (secondary N) is 1. The molecule has 1 N–H and O–H groups in total. The highest BCUT2D eigenvalue weighted by atomic mass is 32.1. The van der Waals surface area contributed by atoms with Crippen LogP contribution in [0.3, 0.4) is 0 Å². The Labute approximate surface area is 133 Å². The van der Waals surface area contributed by atoms with E-state index >= 15 is 0 Å². The lowest BCUT2D eigenvalue weighted by atomic mass is 10.0. The lowest BCUT2D eigenvalue weighted by molar-refractivity contribution is -0.136. The number of nitrogens with zero attached hydrogens (tertiary/aromatic N) is 3. The summed E-state index contributed by atoms with van der Waals surface area (Å²) in [6.45, 7) is 3.80. The molecule has 7 heteroatoms. The van der Waals surface area contributed by atoms with E-state index in [0.717, 1.165) is 5.82 Å². The minimum absolute atomic E-state index is 0.166. The summed E-state index contributed by atoms with van der Waals surface area (Å²) in [5, 5.41) is 4.62. The van der Waals surface area contributed by atoms with Crippen molar-refractivity contribution in [3.63, 3.8) is 0 Å². The van der Waals surface area contributed by atoms with Crippen LogP contribution in [0.15, 0.2) is 29.9 Å². The van der Waals surface area contributed by atoms with Gasteiger partial charge in [-0.25, -0.2) is 4.98 Å². The average Bonchev–Trinajstić information content (AvgIpc) is 3.10. The summed E-state index contributed by atoms with van der Waals surface area (Å²) in [5.41, 5.74) is -0.985. The van der Waals surface area contributed by atoms with Crippen molar-refractivity contribution in [2.24, 2.45) is 7.05 Å². The van der Waals surface area contributed by atoms with E-state index in [4.69, 9.17) is 0 Å². The van der Waals surface area contributed by atoms with Crippen LogP contribution in [0.5, 0.6) is 0 Å². The van der Waals surface area contributed by atoms with Gasteiger partial charge in [0.05, 0.1) is 11.4 Å². The normalized spacial score (nSPS) is 11.3. The Bertz CT molecular complexity index is 661. The van der Waals surface area contributed by atoms with E-state index in [0.29, 0.717) is 11.4 Å². The Morgan fingerprint density at radius 3 is 2.73 bits per heavy atom. The Morgan fingerprint density at radius 2 is 2.18 bits per heavy atom. The Balaban J connectivity index is 2.03. The second-order valence-corrected chi connectivity index (χ2v) is 6.62. The third-order valence-corrected chi connectivity index (χ3v) is 4.22. The first-order valence-electron chi connectivity index (χ1n) is 6.89. The molecule has 0 spiro atoms. The molecule has 0 saturated carbocycles.